The maximum Gasteiger partial charge on any atom is 0.407 e. The van der Waals surface area contributed by atoms with Gasteiger partial charge in [0.1, 0.15) is 12.6 Å². The fraction of sp³-hybridized carbons (Fsp3) is 0.464. The van der Waals surface area contributed by atoms with Crippen molar-refractivity contribution >= 4 is 18.0 Å². The molecule has 7 nitrogen and oxygen atoms in total. The number of carboxylic acids is 1. The Kier molecular flexibility index (Phi) is 7.43. The van der Waals surface area contributed by atoms with Crippen LogP contribution >= 0.6 is 0 Å². The summed E-state index contributed by atoms with van der Waals surface area (Å²) in [5.74, 6) is -1.47. The second-order valence-corrected chi connectivity index (χ2v) is 10.4. The maximum absolute atomic E-state index is 13.0. The number of fused-ring (bicyclic) bond motifs is 3. The van der Waals surface area contributed by atoms with Gasteiger partial charge in [-0.2, -0.15) is 0 Å². The van der Waals surface area contributed by atoms with Gasteiger partial charge in [-0.25, -0.2) is 4.79 Å². The molecular formula is C28H34N2O5. The van der Waals surface area contributed by atoms with Crippen molar-refractivity contribution in [1.82, 2.24) is 10.6 Å². The second kappa shape index (κ2) is 10.5. The fourth-order valence-electron chi connectivity index (χ4n) is 5.44. The Morgan fingerprint density at radius 2 is 1.69 bits per heavy atom. The van der Waals surface area contributed by atoms with Crippen molar-refractivity contribution in [2.75, 3.05) is 6.61 Å². The first-order valence-corrected chi connectivity index (χ1v) is 12.4. The number of aliphatic carboxylic acids is 1. The Hall–Kier alpha value is -3.35. The zero-order valence-corrected chi connectivity index (χ0v) is 20.4. The van der Waals surface area contributed by atoms with Gasteiger partial charge in [-0.1, -0.05) is 68.8 Å². The van der Waals surface area contributed by atoms with Crippen molar-refractivity contribution in [1.29, 1.82) is 0 Å². The van der Waals surface area contributed by atoms with Crippen LogP contribution in [-0.2, 0) is 14.3 Å². The maximum atomic E-state index is 13.0. The van der Waals surface area contributed by atoms with Crippen LogP contribution in [0.3, 0.4) is 0 Å². The zero-order chi connectivity index (χ0) is 25.0. The summed E-state index contributed by atoms with van der Waals surface area (Å²) in [7, 11) is 0. The highest BCUT2D eigenvalue weighted by Crippen LogP contribution is 2.44. The number of rotatable bonds is 8. The normalized spacial score (nSPS) is 19.2. The lowest BCUT2D eigenvalue weighted by Crippen LogP contribution is -2.51. The molecule has 0 radical (unpaired) electrons. The van der Waals surface area contributed by atoms with Crippen LogP contribution in [-0.4, -0.2) is 41.8 Å². The Morgan fingerprint density at radius 3 is 2.29 bits per heavy atom. The van der Waals surface area contributed by atoms with Gasteiger partial charge in [0.25, 0.3) is 0 Å². The van der Waals surface area contributed by atoms with Crippen molar-refractivity contribution in [3.63, 3.8) is 0 Å². The van der Waals surface area contributed by atoms with Crippen LogP contribution in [0.15, 0.2) is 48.5 Å². The average Bonchev–Trinajstić information content (AvgIpc) is 3.13. The lowest BCUT2D eigenvalue weighted by atomic mass is 9.75. The molecule has 2 unspecified atom stereocenters. The molecule has 7 heteroatoms. The number of nitrogens with one attached hydrogen (secondary N) is 2. The number of carbonyl (C=O) groups excluding carboxylic acids is 2. The fourth-order valence-corrected chi connectivity index (χ4v) is 5.44. The van der Waals surface area contributed by atoms with E-state index in [0.29, 0.717) is 0 Å². The van der Waals surface area contributed by atoms with Crippen LogP contribution < -0.4 is 10.6 Å². The van der Waals surface area contributed by atoms with E-state index in [0.717, 1.165) is 47.9 Å². The van der Waals surface area contributed by atoms with E-state index in [9.17, 15) is 14.4 Å². The van der Waals surface area contributed by atoms with Gasteiger partial charge < -0.3 is 20.5 Å². The van der Waals surface area contributed by atoms with Crippen molar-refractivity contribution in [2.24, 2.45) is 5.41 Å². The van der Waals surface area contributed by atoms with Crippen LogP contribution in [0, 0.1) is 5.41 Å². The van der Waals surface area contributed by atoms with E-state index < -0.39 is 18.1 Å². The first kappa shape index (κ1) is 24.8. The summed E-state index contributed by atoms with van der Waals surface area (Å²) < 4.78 is 5.57. The van der Waals surface area contributed by atoms with E-state index >= 15 is 0 Å². The molecule has 35 heavy (non-hydrogen) atoms. The molecule has 0 saturated heterocycles. The van der Waals surface area contributed by atoms with Gasteiger partial charge in [0.2, 0.25) is 5.91 Å². The van der Waals surface area contributed by atoms with Crippen LogP contribution in [0.1, 0.15) is 69.4 Å². The van der Waals surface area contributed by atoms with Gasteiger partial charge in [-0.3, -0.25) is 9.59 Å². The monoisotopic (exact) mass is 478 g/mol. The molecule has 186 valence electrons. The summed E-state index contributed by atoms with van der Waals surface area (Å²) in [6.07, 6.45) is 2.93. The summed E-state index contributed by atoms with van der Waals surface area (Å²) in [4.78, 5) is 36.8. The quantitative estimate of drug-likeness (QED) is 0.503. The summed E-state index contributed by atoms with van der Waals surface area (Å²) >= 11 is 0. The summed E-state index contributed by atoms with van der Waals surface area (Å²) in [6.45, 7) is 4.49. The second-order valence-electron chi connectivity index (χ2n) is 10.4. The molecule has 1 fully saturated rings. The molecule has 1 saturated carbocycles. The molecule has 0 spiro atoms. The molecule has 0 aromatic heterocycles. The molecule has 4 rings (SSSR count). The minimum absolute atomic E-state index is 0.00146. The predicted octanol–water partition coefficient (Wildman–Crippen LogP) is 4.84. The van der Waals surface area contributed by atoms with Crippen molar-refractivity contribution in [3.8, 4) is 11.1 Å². The number of alkyl carbamates (subject to hydrolysis) is 1. The van der Waals surface area contributed by atoms with E-state index in [1.165, 1.54) is 0 Å². The number of carboxylic acid groups (broad SMARTS) is 1. The van der Waals surface area contributed by atoms with Crippen molar-refractivity contribution in [3.05, 3.63) is 59.7 Å². The molecule has 2 atom stereocenters. The topological polar surface area (TPSA) is 105 Å². The smallest absolute Gasteiger partial charge is 0.407 e. The number of amides is 2. The molecule has 2 amide bonds. The lowest BCUT2D eigenvalue weighted by Gasteiger charge is -2.36. The molecule has 2 aliphatic carbocycles. The van der Waals surface area contributed by atoms with Crippen LogP contribution in [0.4, 0.5) is 4.79 Å². The molecule has 2 aliphatic rings. The van der Waals surface area contributed by atoms with E-state index in [-0.39, 0.29) is 42.7 Å². The SMILES string of the molecule is CC1(C)CCCC(NC(=O)C(CCC(=O)O)NC(=O)OCC2c3ccccc3-c3ccccc32)C1. The molecule has 2 aromatic rings. The van der Waals surface area contributed by atoms with E-state index in [1.807, 2.05) is 36.4 Å². The molecule has 3 N–H and O–H groups in total. The Balaban J connectivity index is 1.39. The highest BCUT2D eigenvalue weighted by molar-refractivity contribution is 5.86. The van der Waals surface area contributed by atoms with E-state index in [2.05, 4.69) is 36.6 Å². The number of hydrogen-bond acceptors (Lipinski definition) is 4. The average molecular weight is 479 g/mol. The summed E-state index contributed by atoms with van der Waals surface area (Å²) in [5, 5.41) is 14.8. The van der Waals surface area contributed by atoms with Crippen molar-refractivity contribution in [2.45, 2.75) is 70.4 Å². The van der Waals surface area contributed by atoms with Crippen molar-refractivity contribution < 1.29 is 24.2 Å². The molecule has 0 bridgehead atoms. The Bertz CT molecular complexity index is 1050. The molecular weight excluding hydrogens is 444 g/mol. The van der Waals surface area contributed by atoms with E-state index in [1.54, 1.807) is 0 Å². The largest absolute Gasteiger partial charge is 0.481 e. The number of benzene rings is 2. The number of carbonyl (C=O) groups is 3. The third-order valence-electron chi connectivity index (χ3n) is 7.15. The van der Waals surface area contributed by atoms with Gasteiger partial charge >= 0.3 is 12.1 Å². The highest BCUT2D eigenvalue weighted by atomic mass is 16.5. The molecule has 2 aromatic carbocycles. The van der Waals surface area contributed by atoms with Crippen LogP contribution in [0.2, 0.25) is 0 Å². The Labute approximate surface area is 206 Å². The third kappa shape index (κ3) is 6.02. The first-order valence-electron chi connectivity index (χ1n) is 12.4. The first-order chi connectivity index (χ1) is 16.7. The minimum atomic E-state index is -1.02. The van der Waals surface area contributed by atoms with Gasteiger partial charge in [0, 0.05) is 18.4 Å². The highest BCUT2D eigenvalue weighted by Gasteiger charge is 2.32. The molecule has 0 heterocycles. The zero-order valence-electron chi connectivity index (χ0n) is 20.4. The standard InChI is InChI=1S/C28H34N2O5/c1-28(2)15-7-8-18(16-28)29-26(33)24(13-14-25(31)32)30-27(34)35-17-23-21-11-5-3-9-19(21)20-10-4-6-12-22(20)23/h3-6,9-12,18,23-24H,7-8,13-17H2,1-2H3,(H,29,33)(H,30,34)(H,31,32). The summed E-state index contributed by atoms with van der Waals surface area (Å²) in [5.41, 5.74) is 4.60. The van der Waals surface area contributed by atoms with Crippen LogP contribution in [0.5, 0.6) is 0 Å². The van der Waals surface area contributed by atoms with Gasteiger partial charge in [-0.05, 0) is 53.4 Å². The van der Waals surface area contributed by atoms with Gasteiger partial charge in [0.05, 0.1) is 0 Å². The number of hydrogen-bond donors (Lipinski definition) is 3. The van der Waals surface area contributed by atoms with E-state index in [4.69, 9.17) is 9.84 Å². The Morgan fingerprint density at radius 1 is 1.06 bits per heavy atom. The third-order valence-corrected chi connectivity index (χ3v) is 7.15. The lowest BCUT2D eigenvalue weighted by molar-refractivity contribution is -0.137. The van der Waals surface area contributed by atoms with Gasteiger partial charge in [0.15, 0.2) is 0 Å². The predicted molar refractivity (Wildman–Crippen MR) is 133 cm³/mol. The number of ether oxygens (including phenoxy) is 1. The molecule has 0 aliphatic heterocycles. The minimum Gasteiger partial charge on any atom is -0.481 e. The summed E-state index contributed by atoms with van der Waals surface area (Å²) in [6, 6.07) is 15.2. The van der Waals surface area contributed by atoms with Crippen LogP contribution in [0.25, 0.3) is 11.1 Å². The van der Waals surface area contributed by atoms with Gasteiger partial charge in [-0.15, -0.1) is 0 Å².